The summed E-state index contributed by atoms with van der Waals surface area (Å²) in [4.78, 5) is 103. The Labute approximate surface area is 818 Å². The van der Waals surface area contributed by atoms with Crippen molar-refractivity contribution in [2.75, 3.05) is 106 Å². The third-order valence-corrected chi connectivity index (χ3v) is 33.6. The molecule has 776 valence electrons. The zero-order valence-electron chi connectivity index (χ0n) is 82.2. The van der Waals surface area contributed by atoms with E-state index in [0.29, 0.717) is 109 Å². The van der Waals surface area contributed by atoms with Crippen LogP contribution in [0.3, 0.4) is 0 Å². The maximum absolute atomic E-state index is 11.5. The fourth-order valence-electron chi connectivity index (χ4n) is 17.3. The number of β-amino-alcohol motifs (C(OH)–C–C–N with tert-alkyl or cyclic N) is 5. The first-order chi connectivity index (χ1) is 64.5. The number of likely N-dealkylation sites (tertiary alicyclic amines) is 5. The van der Waals surface area contributed by atoms with Crippen molar-refractivity contribution in [3.8, 4) is 34.5 Å². The van der Waals surface area contributed by atoms with Crippen LogP contribution in [0.25, 0.3) is 0 Å². The SMILES string of the molecule is CCCCCCCCCc1ccc(CN2CCC(O)(P(=O)(O)O)C2)cc1.CCCCCCCCOc1c(Br)cc(CN2CCC(O)(P(=O)(O)O)C2)cc1OC.CCCCCCCCOc1ccc(CN2CCC(O)(P(=O)(O)O)C2)cc1.CCCCCCCCOc1ccc(CN2CCC(O)(P(=O)(O)O)C2)cc1OCC.CCCCCCCCOc1cccc(CN2CCC(O)(P(=O)(O)O)C2)c1. The maximum atomic E-state index is 11.5. The number of hydrogen-bond donors (Lipinski definition) is 15. The number of ether oxygens (including phenoxy) is 6. The van der Waals surface area contributed by atoms with Gasteiger partial charge in [-0.2, -0.15) is 0 Å². The van der Waals surface area contributed by atoms with Gasteiger partial charge in [0.1, 0.15) is 11.5 Å². The minimum atomic E-state index is -4.57. The summed E-state index contributed by atoms with van der Waals surface area (Å²) in [6.45, 7) is 21.1. The molecule has 31 nitrogen and oxygen atoms in total. The summed E-state index contributed by atoms with van der Waals surface area (Å²) in [7, 11) is -21.0. The van der Waals surface area contributed by atoms with Crippen molar-refractivity contribution in [3.63, 3.8) is 0 Å². The van der Waals surface area contributed by atoms with Crippen LogP contribution < -0.4 is 28.4 Å². The Hall–Kier alpha value is -4.27. The van der Waals surface area contributed by atoms with Crippen LogP contribution in [0.15, 0.2) is 108 Å². The second-order valence-corrected chi connectivity index (χ2v) is 48.2. The molecule has 5 aromatic carbocycles. The number of aryl methyl sites for hydroxylation is 1. The smallest absolute Gasteiger partial charge is 0.358 e. The van der Waals surface area contributed by atoms with E-state index in [9.17, 15) is 97.3 Å². The standard InChI is InChI=1S/C21H36NO6P.C20H33BrNO6P.C20H34NO4P.2C19H32NO5P/c1-3-5-6-7-8-9-14-28-19-11-10-18(15-20(19)27-4-2)16-22-13-12-21(23,17-22)29(24,25)26;1-3-4-5-6-7-8-11-28-19-17(21)12-16(13-18(19)27-2)14-22-10-9-20(23,15-22)29(24,25)26;1-2-3-4-5-6-7-8-9-18-10-12-19(13-11-18)16-21-15-14-20(22,17-21)26(23,24)25;1-2-3-4-5-6-7-14-25-18-10-8-17(9-11-18)15-20-13-12-19(21,16-20)26(22,23)24;1-2-3-4-5-6-7-13-25-18-10-8-9-17(14-18)15-20-12-11-19(21,16-20)26(22,23)24/h10-11,15,23H,3-9,12-14,16-17H2,1-2H3,(H2,24,25,26);12-13,23H,3-11,14-15H2,1-2H3,(H2,24,25,26);10-13,22H,2-9,14-17H2,1H3,(H2,23,24,25);8-11,21H,2-7,12-16H2,1H3,(H2,22,23,24);8-10,14,21H,2-7,11-13,15-16H2,1H3,(H2,22,23,24). The first kappa shape index (κ1) is 120. The van der Waals surface area contributed by atoms with E-state index in [-0.39, 0.29) is 64.8 Å². The lowest BCUT2D eigenvalue weighted by Gasteiger charge is -2.24. The molecule has 0 aliphatic carbocycles. The van der Waals surface area contributed by atoms with Crippen molar-refractivity contribution in [2.45, 2.75) is 339 Å². The number of hydrogen-bond acceptors (Lipinski definition) is 21. The average Bonchev–Trinajstić information content (AvgIpc) is 1.66. The van der Waals surface area contributed by atoms with Crippen LogP contribution in [0.5, 0.6) is 34.5 Å². The number of halogens is 1. The minimum absolute atomic E-state index is 0.00639. The third kappa shape index (κ3) is 42.6. The van der Waals surface area contributed by atoms with Gasteiger partial charge in [-0.1, -0.05) is 256 Å². The number of benzene rings is 5. The molecule has 0 aromatic heterocycles. The molecule has 5 aliphatic heterocycles. The summed E-state index contributed by atoms with van der Waals surface area (Å²) in [5, 5.41) is 41.1. The van der Waals surface area contributed by atoms with Gasteiger partial charge in [0, 0.05) is 130 Å². The highest BCUT2D eigenvalue weighted by Gasteiger charge is 2.54. The van der Waals surface area contributed by atoms with Gasteiger partial charge in [-0.15, -0.1) is 0 Å². The highest BCUT2D eigenvalue weighted by molar-refractivity contribution is 9.10. The van der Waals surface area contributed by atoms with Gasteiger partial charge in [-0.25, -0.2) is 0 Å². The Morgan fingerprint density at radius 2 is 0.588 bits per heavy atom. The molecular weight excluding hydrogens is 1910 g/mol. The molecule has 0 saturated carbocycles. The van der Waals surface area contributed by atoms with Crippen LogP contribution in [0, 0.1) is 0 Å². The van der Waals surface area contributed by atoms with Gasteiger partial charge < -0.3 is 103 Å². The number of nitrogens with zero attached hydrogens (tertiary/aromatic N) is 5. The molecule has 10 rings (SSSR count). The van der Waals surface area contributed by atoms with Crippen molar-refractivity contribution in [3.05, 3.63) is 141 Å². The predicted molar refractivity (Wildman–Crippen MR) is 539 cm³/mol. The predicted octanol–water partition coefficient (Wildman–Crippen LogP) is 19.2. The summed E-state index contributed by atoms with van der Waals surface area (Å²) in [6.07, 6.45) is 39.9. The van der Waals surface area contributed by atoms with E-state index in [1.807, 2.05) is 110 Å². The zero-order valence-corrected chi connectivity index (χ0v) is 88.2. The summed E-state index contributed by atoms with van der Waals surface area (Å²) < 4.78 is 92.7. The molecule has 5 fully saturated rings. The van der Waals surface area contributed by atoms with E-state index >= 15 is 0 Å². The van der Waals surface area contributed by atoms with Gasteiger partial charge in [0.15, 0.2) is 49.7 Å². The second kappa shape index (κ2) is 61.1. The zero-order chi connectivity index (χ0) is 100.0. The van der Waals surface area contributed by atoms with Gasteiger partial charge in [0.05, 0.1) is 44.6 Å². The number of unbranched alkanes of at least 4 members (excludes halogenated alkanes) is 26. The molecule has 5 atom stereocenters. The molecule has 0 spiro atoms. The first-order valence-corrected chi connectivity index (χ1v) is 58.8. The van der Waals surface area contributed by atoms with Gasteiger partial charge >= 0.3 is 38.0 Å². The molecule has 5 aliphatic rings. The van der Waals surface area contributed by atoms with Crippen LogP contribution >= 0.6 is 53.9 Å². The second-order valence-electron chi connectivity index (χ2n) is 37.7. The molecule has 37 heteroatoms. The summed E-state index contributed by atoms with van der Waals surface area (Å²) >= 11 is 3.55. The summed E-state index contributed by atoms with van der Waals surface area (Å²) in [5.74, 6) is 4.34. The lowest BCUT2D eigenvalue weighted by atomic mass is 10.0. The van der Waals surface area contributed by atoms with Crippen LogP contribution in [-0.4, -0.2) is 231 Å². The summed E-state index contributed by atoms with van der Waals surface area (Å²) in [5.41, 5.74) is 6.37. The third-order valence-electron chi connectivity index (χ3n) is 25.8. The van der Waals surface area contributed by atoms with E-state index in [0.717, 1.165) is 94.7 Å². The van der Waals surface area contributed by atoms with Crippen LogP contribution in [-0.2, 0) is 62.0 Å². The molecule has 5 saturated heterocycles. The number of methoxy groups -OCH3 is 1. The van der Waals surface area contributed by atoms with E-state index < -0.39 is 64.7 Å². The van der Waals surface area contributed by atoms with Crippen LogP contribution in [0.1, 0.15) is 306 Å². The lowest BCUT2D eigenvalue weighted by molar-refractivity contribution is 0.0962. The first-order valence-electron chi connectivity index (χ1n) is 49.9. The fourth-order valence-corrected chi connectivity index (χ4v) is 21.7. The summed E-state index contributed by atoms with van der Waals surface area (Å²) in [6, 6.07) is 33.6. The molecule has 0 amide bonds. The largest absolute Gasteiger partial charge is 0.494 e. The lowest BCUT2D eigenvalue weighted by Crippen LogP contribution is -2.32. The quantitative estimate of drug-likeness (QED) is 0.0127. The van der Waals surface area contributed by atoms with E-state index in [1.54, 1.807) is 7.11 Å². The Balaban J connectivity index is 0.000000261. The van der Waals surface area contributed by atoms with E-state index in [2.05, 4.69) is 74.8 Å². The van der Waals surface area contributed by atoms with Crippen molar-refractivity contribution in [1.82, 2.24) is 24.5 Å². The normalized spacial score (nSPS) is 20.8. The molecule has 5 unspecified atom stereocenters. The van der Waals surface area contributed by atoms with Crippen molar-refractivity contribution < 1.29 is 126 Å². The van der Waals surface area contributed by atoms with Gasteiger partial charge in [0.25, 0.3) is 0 Å². The van der Waals surface area contributed by atoms with E-state index in [1.165, 1.54) is 173 Å². The van der Waals surface area contributed by atoms with Gasteiger partial charge in [0.2, 0.25) is 0 Å². The molecule has 0 radical (unpaired) electrons. The Kier molecular flexibility index (Phi) is 54.1. The monoisotopic (exact) mass is 2080 g/mol. The van der Waals surface area contributed by atoms with Crippen molar-refractivity contribution in [1.29, 1.82) is 0 Å². The van der Waals surface area contributed by atoms with Crippen LogP contribution in [0.2, 0.25) is 0 Å². The number of aliphatic hydroxyl groups is 5. The van der Waals surface area contributed by atoms with Crippen molar-refractivity contribution >= 4 is 53.9 Å². The molecule has 5 aromatic rings. The van der Waals surface area contributed by atoms with Gasteiger partial charge in [-0.05, 0) is 143 Å². The van der Waals surface area contributed by atoms with E-state index in [4.69, 9.17) is 28.4 Å². The Morgan fingerprint density at radius 1 is 0.294 bits per heavy atom. The molecule has 15 N–H and O–H groups in total. The van der Waals surface area contributed by atoms with Gasteiger partial charge in [-0.3, -0.25) is 47.3 Å². The fraction of sp³-hybridized carbons (Fsp3) is 0.697. The number of rotatable bonds is 58. The maximum Gasteiger partial charge on any atom is 0.358 e. The van der Waals surface area contributed by atoms with Crippen molar-refractivity contribution in [2.24, 2.45) is 0 Å². The highest BCUT2D eigenvalue weighted by atomic mass is 79.9. The Morgan fingerprint density at radius 3 is 0.941 bits per heavy atom. The average molecular weight is 2080 g/mol. The van der Waals surface area contributed by atoms with Crippen LogP contribution in [0.4, 0.5) is 0 Å². The minimum Gasteiger partial charge on any atom is -0.494 e. The molecule has 0 bridgehead atoms. The molecular formula is C99H167BrN5O26P5. The molecule has 5 heterocycles. The topological polar surface area (TPSA) is 460 Å². The highest BCUT2D eigenvalue weighted by Crippen LogP contribution is 2.58. The Bertz CT molecular complexity index is 4350. The molecule has 136 heavy (non-hydrogen) atoms.